The Morgan fingerprint density at radius 1 is 0.870 bits per heavy atom. The zero-order valence-electron chi connectivity index (χ0n) is 12.1. The molecule has 0 aliphatic carbocycles. The minimum absolute atomic E-state index is 0.447. The average molecular weight is 300 g/mol. The Bertz CT molecular complexity index is 876. The van der Waals surface area contributed by atoms with E-state index in [9.17, 15) is 4.79 Å². The molecule has 5 heteroatoms. The molecule has 3 aromatic rings. The third-order valence-corrected chi connectivity index (χ3v) is 3.43. The highest BCUT2D eigenvalue weighted by Crippen LogP contribution is 2.21. The molecule has 0 fully saturated rings. The summed E-state index contributed by atoms with van der Waals surface area (Å²) in [7, 11) is 0. The summed E-state index contributed by atoms with van der Waals surface area (Å²) in [6.07, 6.45) is 3.46. The highest BCUT2D eigenvalue weighted by atomic mass is 16.1. The minimum Gasteiger partial charge on any atom is -0.366 e. The molecule has 2 N–H and O–H groups in total. The first-order valence-electron chi connectivity index (χ1n) is 6.90. The van der Waals surface area contributed by atoms with Gasteiger partial charge in [-0.25, -0.2) is 9.97 Å². The molecule has 0 spiro atoms. The van der Waals surface area contributed by atoms with Crippen molar-refractivity contribution in [2.75, 3.05) is 0 Å². The third-order valence-electron chi connectivity index (χ3n) is 3.43. The van der Waals surface area contributed by atoms with Crippen LogP contribution in [0.15, 0.2) is 60.9 Å². The van der Waals surface area contributed by atoms with Crippen molar-refractivity contribution in [1.82, 2.24) is 9.97 Å². The summed E-state index contributed by atoms with van der Waals surface area (Å²) < 4.78 is 0. The average Bonchev–Trinajstić information content (AvgIpc) is 2.62. The molecule has 1 amide bonds. The molecule has 0 atom stereocenters. The molecule has 23 heavy (non-hydrogen) atoms. The number of primary amides is 1. The van der Waals surface area contributed by atoms with E-state index in [4.69, 9.17) is 11.0 Å². The lowest BCUT2D eigenvalue weighted by Gasteiger charge is -2.04. The first kappa shape index (κ1) is 14.4. The van der Waals surface area contributed by atoms with Crippen LogP contribution in [0.25, 0.3) is 22.5 Å². The lowest BCUT2D eigenvalue weighted by molar-refractivity contribution is 0.100. The van der Waals surface area contributed by atoms with E-state index in [0.717, 1.165) is 16.7 Å². The van der Waals surface area contributed by atoms with Crippen LogP contribution >= 0.6 is 0 Å². The van der Waals surface area contributed by atoms with E-state index in [1.54, 1.807) is 48.8 Å². The number of carbonyl (C=O) groups excluding carboxylic acids is 1. The smallest absolute Gasteiger partial charge is 0.248 e. The Balaban J connectivity index is 1.86. The number of benzene rings is 2. The van der Waals surface area contributed by atoms with Crippen LogP contribution in [0.4, 0.5) is 0 Å². The number of nitrogens with two attached hydrogens (primary N) is 1. The van der Waals surface area contributed by atoms with Crippen LogP contribution in [0.5, 0.6) is 0 Å². The molecule has 2 aromatic carbocycles. The van der Waals surface area contributed by atoms with Crippen molar-refractivity contribution < 1.29 is 4.79 Å². The number of hydrogen-bond donors (Lipinski definition) is 1. The van der Waals surface area contributed by atoms with Gasteiger partial charge in [0.15, 0.2) is 5.82 Å². The Kier molecular flexibility index (Phi) is 3.81. The van der Waals surface area contributed by atoms with Crippen molar-refractivity contribution in [2.45, 2.75) is 0 Å². The Hall–Kier alpha value is -3.52. The predicted octanol–water partition coefficient (Wildman–Crippen LogP) is 2.78. The summed E-state index contributed by atoms with van der Waals surface area (Å²) in [5.41, 5.74) is 8.89. The van der Waals surface area contributed by atoms with Gasteiger partial charge in [0.25, 0.3) is 0 Å². The topological polar surface area (TPSA) is 92.7 Å². The van der Waals surface area contributed by atoms with E-state index >= 15 is 0 Å². The third kappa shape index (κ3) is 3.06. The van der Waals surface area contributed by atoms with Gasteiger partial charge >= 0.3 is 0 Å². The first-order chi connectivity index (χ1) is 11.2. The van der Waals surface area contributed by atoms with Crippen molar-refractivity contribution in [3.63, 3.8) is 0 Å². The van der Waals surface area contributed by atoms with Crippen LogP contribution in [0.1, 0.15) is 15.9 Å². The predicted molar refractivity (Wildman–Crippen MR) is 86.1 cm³/mol. The Morgan fingerprint density at radius 3 is 1.96 bits per heavy atom. The summed E-state index contributed by atoms with van der Waals surface area (Å²) in [4.78, 5) is 19.8. The maximum Gasteiger partial charge on any atom is 0.248 e. The number of carbonyl (C=O) groups is 1. The largest absolute Gasteiger partial charge is 0.366 e. The highest BCUT2D eigenvalue weighted by Gasteiger charge is 2.05. The molecule has 0 aliphatic rings. The first-order valence-corrected chi connectivity index (χ1v) is 6.90. The molecule has 110 valence electrons. The van der Waals surface area contributed by atoms with Gasteiger partial charge in [0.05, 0.1) is 11.6 Å². The van der Waals surface area contributed by atoms with Crippen molar-refractivity contribution in [3.8, 4) is 28.6 Å². The molecule has 3 rings (SSSR count). The monoisotopic (exact) mass is 300 g/mol. The zero-order chi connectivity index (χ0) is 16.2. The van der Waals surface area contributed by atoms with Gasteiger partial charge in [-0.05, 0) is 29.8 Å². The van der Waals surface area contributed by atoms with Gasteiger partial charge in [0.1, 0.15) is 0 Å². The van der Waals surface area contributed by atoms with Crippen LogP contribution < -0.4 is 5.73 Å². The van der Waals surface area contributed by atoms with Crippen LogP contribution in [0.2, 0.25) is 0 Å². The molecule has 0 unspecified atom stereocenters. The lowest BCUT2D eigenvalue weighted by Crippen LogP contribution is -2.10. The summed E-state index contributed by atoms with van der Waals surface area (Å²) in [6.45, 7) is 0. The fourth-order valence-electron chi connectivity index (χ4n) is 2.15. The maximum atomic E-state index is 11.1. The maximum absolute atomic E-state index is 11.1. The molecule has 5 nitrogen and oxygen atoms in total. The van der Waals surface area contributed by atoms with E-state index in [1.807, 2.05) is 12.1 Å². The van der Waals surface area contributed by atoms with Gasteiger partial charge in [-0.1, -0.05) is 24.3 Å². The number of nitrogens with zero attached hydrogens (tertiary/aromatic N) is 3. The van der Waals surface area contributed by atoms with Gasteiger partial charge in [-0.3, -0.25) is 4.79 Å². The van der Waals surface area contributed by atoms with Gasteiger partial charge in [0, 0.05) is 29.1 Å². The van der Waals surface area contributed by atoms with Gasteiger partial charge in [0.2, 0.25) is 5.91 Å². The number of amides is 1. The molecule has 0 radical (unpaired) electrons. The minimum atomic E-state index is -0.464. The molecule has 1 heterocycles. The number of aromatic nitrogens is 2. The summed E-state index contributed by atoms with van der Waals surface area (Å²) in [5.74, 6) is 0.104. The Labute approximate surface area is 133 Å². The van der Waals surface area contributed by atoms with Crippen molar-refractivity contribution in [3.05, 3.63) is 72.1 Å². The second kappa shape index (κ2) is 6.08. The molecule has 0 aliphatic heterocycles. The van der Waals surface area contributed by atoms with E-state index in [-0.39, 0.29) is 0 Å². The molecule has 0 saturated carbocycles. The normalized spacial score (nSPS) is 10.0. The molecule has 1 aromatic heterocycles. The van der Waals surface area contributed by atoms with Crippen molar-refractivity contribution in [1.29, 1.82) is 5.26 Å². The lowest BCUT2D eigenvalue weighted by atomic mass is 10.1. The SMILES string of the molecule is N#Cc1ccc(-c2cnc(-c3ccc(C(N)=O)cc3)nc2)cc1. The zero-order valence-corrected chi connectivity index (χ0v) is 12.1. The standard InChI is InChI=1S/C18H12N4O/c19-9-12-1-3-13(4-2-12)16-10-21-18(22-11-16)15-7-5-14(6-8-15)17(20)23/h1-8,10-11H,(H2,20,23). The number of rotatable bonds is 3. The van der Waals surface area contributed by atoms with Gasteiger partial charge < -0.3 is 5.73 Å². The van der Waals surface area contributed by atoms with Gasteiger partial charge in [-0.2, -0.15) is 5.26 Å². The van der Waals surface area contributed by atoms with Crippen molar-refractivity contribution >= 4 is 5.91 Å². The van der Waals surface area contributed by atoms with Crippen LogP contribution in [0.3, 0.4) is 0 Å². The van der Waals surface area contributed by atoms with E-state index in [2.05, 4.69) is 16.0 Å². The fourth-order valence-corrected chi connectivity index (χ4v) is 2.15. The van der Waals surface area contributed by atoms with E-state index in [0.29, 0.717) is 17.0 Å². The Morgan fingerprint density at radius 2 is 1.43 bits per heavy atom. The molecule has 0 bridgehead atoms. The second-order valence-corrected chi connectivity index (χ2v) is 4.93. The van der Waals surface area contributed by atoms with Crippen LogP contribution in [-0.2, 0) is 0 Å². The number of hydrogen-bond acceptors (Lipinski definition) is 4. The second-order valence-electron chi connectivity index (χ2n) is 4.93. The molecule has 0 saturated heterocycles. The number of nitriles is 1. The van der Waals surface area contributed by atoms with E-state index < -0.39 is 5.91 Å². The molecular weight excluding hydrogens is 288 g/mol. The molecular formula is C18H12N4O. The summed E-state index contributed by atoms with van der Waals surface area (Å²) >= 11 is 0. The van der Waals surface area contributed by atoms with E-state index in [1.165, 1.54) is 0 Å². The highest BCUT2D eigenvalue weighted by molar-refractivity contribution is 5.93. The van der Waals surface area contributed by atoms with Crippen LogP contribution in [-0.4, -0.2) is 15.9 Å². The summed E-state index contributed by atoms with van der Waals surface area (Å²) in [6, 6.07) is 16.1. The summed E-state index contributed by atoms with van der Waals surface area (Å²) in [5, 5.41) is 8.81. The van der Waals surface area contributed by atoms with Gasteiger partial charge in [-0.15, -0.1) is 0 Å². The van der Waals surface area contributed by atoms with Crippen molar-refractivity contribution in [2.24, 2.45) is 5.73 Å². The quantitative estimate of drug-likeness (QED) is 0.805. The fraction of sp³-hybridized carbons (Fsp3) is 0. The van der Waals surface area contributed by atoms with Crippen LogP contribution in [0, 0.1) is 11.3 Å².